The number of aliphatic hydroxyl groups is 6. The van der Waals surface area contributed by atoms with E-state index in [4.69, 9.17) is 164 Å². The second-order valence-electron chi connectivity index (χ2n) is 29.5. The third-order valence-electron chi connectivity index (χ3n) is 18.3. The van der Waals surface area contributed by atoms with E-state index in [1.54, 1.807) is 0 Å². The fourth-order valence-corrected chi connectivity index (χ4v) is 12.8. The lowest BCUT2D eigenvalue weighted by atomic mass is 9.95. The summed E-state index contributed by atoms with van der Waals surface area (Å²) in [7, 11) is -23.3. The van der Waals surface area contributed by atoms with Crippen molar-refractivity contribution in [3.05, 3.63) is 0 Å². The van der Waals surface area contributed by atoms with Gasteiger partial charge in [0, 0.05) is 113 Å². The Labute approximate surface area is 751 Å². The molecule has 6 rings (SSSR count). The van der Waals surface area contributed by atoms with E-state index in [0.29, 0.717) is 103 Å². The minimum absolute atomic E-state index is 0.100. The lowest BCUT2D eigenvalue weighted by Crippen LogP contribution is -2.71. The third-order valence-corrected chi connectivity index (χ3v) is 18.3. The first-order chi connectivity index (χ1) is 60.4. The summed E-state index contributed by atoms with van der Waals surface area (Å²) in [6.45, 7) is 1.13. The minimum Gasteiger partial charge on any atom is -0.441 e. The van der Waals surface area contributed by atoms with E-state index in [0.717, 1.165) is 25.3 Å². The van der Waals surface area contributed by atoms with Crippen LogP contribution in [0.2, 0.25) is 0 Å². The molecule has 69 heteroatoms. The number of nitrogens with two attached hydrogens (primary N) is 10. The van der Waals surface area contributed by atoms with Crippen LogP contribution in [-0.2, 0) is 109 Å². The van der Waals surface area contributed by atoms with Crippen LogP contribution in [0, 0.1) is 0 Å². The highest BCUT2D eigenvalue weighted by molar-refractivity contribution is 7.80. The Balaban J connectivity index is 0.00000204. The highest BCUT2D eigenvalue weighted by atomic mass is 32.3. The predicted molar refractivity (Wildman–Crippen MR) is 449 cm³/mol. The molecule has 0 bridgehead atoms. The number of hydrogen-bond donors (Lipinski definition) is 38. The Kier molecular flexibility index (Phi) is 58.7. The molecule has 131 heavy (non-hydrogen) atoms. The molecule has 24 atom stereocenters. The van der Waals surface area contributed by atoms with Gasteiger partial charge in [-0.1, -0.05) is 0 Å². The Morgan fingerprint density at radius 2 is 0.626 bits per heavy atom. The summed E-state index contributed by atoms with van der Waals surface area (Å²) in [5.41, 5.74) is 57.6. The summed E-state index contributed by atoms with van der Waals surface area (Å²) in [5, 5.41) is 96.8. The number of fused-ring (bicyclic) bond motifs is 2. The SMILES string of the molecule is NCCCC(N)CC(=O)NCCCC(N)CC(=O)NCCCC(N)CC(=O)NC1C(NC2NC3C(=O)N=CC(O)C3N2)OC(CO)C(OC(N)=O)C1O.NCCCC(N)CC(=O)NCCCC(N)CC(=O)NCCCC(N)CC(=O)NC1C(NC2NC3C(=O)N=CC(O)C3N2)OC(CO)C(OC(N)=O)C1O.O=S(=O)(O)O.O=S(=O)(O)O.O=S(=O)(O)O.O=S(=O)(O)O.O=S(=O)(O)O. The highest BCUT2D eigenvalue weighted by Gasteiger charge is 2.53. The van der Waals surface area contributed by atoms with Gasteiger partial charge in [0.25, 0.3) is 11.8 Å². The van der Waals surface area contributed by atoms with Gasteiger partial charge in [-0.05, 0) is 90.1 Å². The quantitative estimate of drug-likeness (QED) is 0.0199. The molecule has 6 heterocycles. The zero-order chi connectivity index (χ0) is 101. The molecule has 0 aromatic heterocycles. The summed E-state index contributed by atoms with van der Waals surface area (Å²) in [6, 6.07) is -8.27. The summed E-state index contributed by atoms with van der Waals surface area (Å²) in [5.74, 6) is -2.96. The Hall–Kier alpha value is -7.49. The number of amides is 10. The third kappa shape index (κ3) is 61.2. The Morgan fingerprint density at radius 3 is 0.840 bits per heavy atom. The van der Waals surface area contributed by atoms with Crippen LogP contribution in [0.4, 0.5) is 9.59 Å². The van der Waals surface area contributed by atoms with Gasteiger partial charge in [0.15, 0.2) is 12.2 Å². The van der Waals surface area contributed by atoms with Gasteiger partial charge in [-0.25, -0.2) is 19.6 Å². The van der Waals surface area contributed by atoms with Crippen LogP contribution in [0.15, 0.2) is 9.98 Å². The van der Waals surface area contributed by atoms with Crippen LogP contribution in [0.3, 0.4) is 0 Å². The molecule has 6 aliphatic rings. The van der Waals surface area contributed by atoms with E-state index in [1.165, 1.54) is 0 Å². The van der Waals surface area contributed by atoms with Crippen LogP contribution in [-0.4, -0.2) is 389 Å². The molecule has 6 aliphatic heterocycles. The second-order valence-corrected chi connectivity index (χ2v) is 33.9. The molecular weight excluding hydrogens is 1880 g/mol. The van der Waals surface area contributed by atoms with E-state index in [-0.39, 0.29) is 74.2 Å². The molecule has 48 N–H and O–H groups in total. The molecule has 0 aromatic rings. The van der Waals surface area contributed by atoms with E-state index in [9.17, 15) is 78.6 Å². The van der Waals surface area contributed by atoms with Crippen LogP contribution < -0.4 is 121 Å². The first kappa shape index (κ1) is 124. The molecule has 0 spiro atoms. The molecule has 4 saturated heterocycles. The fraction of sp³-hybridized carbons (Fsp3) is 0.806. The van der Waals surface area contributed by atoms with Crippen molar-refractivity contribution in [3.8, 4) is 0 Å². The first-order valence-corrected chi connectivity index (χ1v) is 46.4. The summed E-state index contributed by atoms with van der Waals surface area (Å²) in [6.07, 6.45) is -8.11. The van der Waals surface area contributed by atoms with Gasteiger partial charge in [0.2, 0.25) is 35.4 Å². The molecular formula is C62H126N24O40S5. The number of carbonyl (C=O) groups is 10. The molecule has 764 valence electrons. The summed E-state index contributed by atoms with van der Waals surface area (Å²) in [4.78, 5) is 130. The number of primary amides is 2. The van der Waals surface area contributed by atoms with Gasteiger partial charge < -0.3 is 139 Å². The summed E-state index contributed by atoms with van der Waals surface area (Å²) >= 11 is 0. The van der Waals surface area contributed by atoms with Crippen LogP contribution in [0.1, 0.15) is 116 Å². The molecule has 0 aliphatic carbocycles. The average molecular weight is 2010 g/mol. The zero-order valence-corrected chi connectivity index (χ0v) is 74.1. The van der Waals surface area contributed by atoms with Gasteiger partial charge in [-0.3, -0.25) is 116 Å². The van der Waals surface area contributed by atoms with E-state index in [1.807, 2.05) is 0 Å². The molecule has 0 radical (unpaired) electrons. The number of carbonyl (C=O) groups excluding carboxylic acids is 10. The molecule has 0 saturated carbocycles. The van der Waals surface area contributed by atoms with Gasteiger partial charge in [-0.2, -0.15) is 42.1 Å². The molecule has 24 unspecified atom stereocenters. The van der Waals surface area contributed by atoms with E-state index >= 15 is 0 Å². The van der Waals surface area contributed by atoms with E-state index in [2.05, 4.69) is 73.8 Å². The van der Waals surface area contributed by atoms with Gasteiger partial charge in [0.05, 0.1) is 37.4 Å². The van der Waals surface area contributed by atoms with Crippen molar-refractivity contribution in [2.45, 2.75) is 262 Å². The van der Waals surface area contributed by atoms with Crippen molar-refractivity contribution in [1.82, 2.24) is 63.8 Å². The summed E-state index contributed by atoms with van der Waals surface area (Å²) < 4.78 is 180. The fourth-order valence-electron chi connectivity index (χ4n) is 12.8. The number of aliphatic hydroxyl groups excluding tert-OH is 6. The predicted octanol–water partition coefficient (Wildman–Crippen LogP) is -16.3. The normalized spacial score (nSPS) is 26.3. The number of aliphatic imine (C=N–C) groups is 2. The number of hydrogen-bond acceptors (Lipinski definition) is 44. The van der Waals surface area contributed by atoms with Crippen molar-refractivity contribution in [3.63, 3.8) is 0 Å². The Bertz CT molecular complexity index is 3790. The van der Waals surface area contributed by atoms with Crippen molar-refractivity contribution in [2.75, 3.05) is 52.5 Å². The topological polar surface area (TPSA) is 1130 Å². The van der Waals surface area contributed by atoms with Crippen molar-refractivity contribution >= 4 is 124 Å². The Morgan fingerprint density at radius 1 is 0.397 bits per heavy atom. The number of rotatable bonds is 44. The largest absolute Gasteiger partial charge is 0.441 e. The number of nitrogens with one attached hydrogen (secondary N) is 12. The molecule has 0 aromatic carbocycles. The van der Waals surface area contributed by atoms with Crippen molar-refractivity contribution in [1.29, 1.82) is 0 Å². The maximum Gasteiger partial charge on any atom is 0.404 e. The van der Waals surface area contributed by atoms with Crippen LogP contribution >= 0.6 is 0 Å². The molecule has 10 amide bonds. The lowest BCUT2D eigenvalue weighted by Gasteiger charge is -2.44. The maximum atomic E-state index is 13.1. The standard InChI is InChI=1S/2C31H58N12O10.5H2O4S/c2*32-7-1-4-15(33)10-20(46)37-8-2-5-16(34)11-21(47)38-9-3-6-17(35)12-22(48)40-25-26(49)27(53-30(36)51)19(14-44)52-29(25)43-31-41-23-18(45)13-39-28(50)24(23)42-31;5*1-5(2,3)4/h2*13,15-19,23-27,29,31,41-45,49H,1-12,14,32-35H2,(H2,36,51)(H,37,46)(H,38,47)(H,40,48);5*(H2,1,2,3,4). The van der Waals surface area contributed by atoms with Crippen molar-refractivity contribution in [2.24, 2.45) is 67.3 Å². The van der Waals surface area contributed by atoms with Crippen LogP contribution in [0.25, 0.3) is 0 Å². The molecule has 4 fully saturated rings. The van der Waals surface area contributed by atoms with Crippen molar-refractivity contribution < 1.29 is 185 Å². The number of nitrogens with zero attached hydrogens (tertiary/aromatic N) is 2. The average Bonchev–Trinajstić information content (AvgIpc) is 1.71. The van der Waals surface area contributed by atoms with E-state index < -0.39 is 235 Å². The maximum absolute atomic E-state index is 13.1. The lowest BCUT2D eigenvalue weighted by molar-refractivity contribution is -0.204. The monoisotopic (exact) mass is 2010 g/mol. The highest BCUT2D eigenvalue weighted by Crippen LogP contribution is 2.27. The number of ether oxygens (including phenoxy) is 4. The first-order valence-electron chi connectivity index (χ1n) is 39.4. The smallest absolute Gasteiger partial charge is 0.404 e. The van der Waals surface area contributed by atoms with Crippen LogP contribution in [0.5, 0.6) is 0 Å². The minimum atomic E-state index is -4.67. The second kappa shape index (κ2) is 62.2. The van der Waals surface area contributed by atoms with Gasteiger partial charge >= 0.3 is 64.2 Å². The molecule has 64 nitrogen and oxygen atoms in total. The van der Waals surface area contributed by atoms with Gasteiger partial charge in [-0.15, -0.1) is 0 Å². The van der Waals surface area contributed by atoms with Gasteiger partial charge in [0.1, 0.15) is 73.7 Å². The zero-order valence-electron chi connectivity index (χ0n) is 70.1.